The maximum absolute atomic E-state index is 5.87. The quantitative estimate of drug-likeness (QED) is 0.464. The van der Waals surface area contributed by atoms with Crippen molar-refractivity contribution in [3.05, 3.63) is 11.9 Å². The second-order valence-corrected chi connectivity index (χ2v) is 4.51. The van der Waals surface area contributed by atoms with Gasteiger partial charge in [0.2, 0.25) is 0 Å². The van der Waals surface area contributed by atoms with Crippen LogP contribution in [0.2, 0.25) is 0 Å². The van der Waals surface area contributed by atoms with Crippen LogP contribution in [0.25, 0.3) is 0 Å². The molecule has 0 saturated heterocycles. The van der Waals surface area contributed by atoms with Gasteiger partial charge in [0, 0.05) is 13.0 Å². The molecule has 0 aromatic carbocycles. The fourth-order valence-electron chi connectivity index (χ4n) is 1.62. The van der Waals surface area contributed by atoms with Gasteiger partial charge in [-0.1, -0.05) is 0 Å². The second-order valence-electron chi connectivity index (χ2n) is 4.51. The molecule has 20 heavy (non-hydrogen) atoms. The monoisotopic (exact) mass is 280 g/mol. The molecule has 1 heterocycles. The molecular weight excluding hydrogens is 256 g/mol. The maximum Gasteiger partial charge on any atom is 0.0824 e. The lowest BCUT2D eigenvalue weighted by Gasteiger charge is -2.12. The lowest BCUT2D eigenvalue weighted by Crippen LogP contribution is -2.31. The first-order valence-electron chi connectivity index (χ1n) is 6.98. The minimum atomic E-state index is -0.0693. The molecule has 0 amide bonds. The number of aromatic amines is 1. The zero-order valence-corrected chi connectivity index (χ0v) is 12.1. The van der Waals surface area contributed by atoms with Crippen molar-refractivity contribution in [2.24, 2.45) is 5.73 Å². The summed E-state index contributed by atoms with van der Waals surface area (Å²) in [6.07, 6.45) is 5.46. The van der Waals surface area contributed by atoms with E-state index in [0.717, 1.165) is 31.4 Å². The molecule has 1 unspecified atom stereocenters. The first-order chi connectivity index (χ1) is 9.83. The molecule has 1 rings (SSSR count). The zero-order valence-electron chi connectivity index (χ0n) is 12.1. The summed E-state index contributed by atoms with van der Waals surface area (Å²) in [6.45, 7) is 4.22. The highest BCUT2D eigenvalue weighted by molar-refractivity contribution is 4.94. The molecule has 1 atom stereocenters. The van der Waals surface area contributed by atoms with Crippen LogP contribution in [-0.4, -0.2) is 47.9 Å². The van der Waals surface area contributed by atoms with Crippen molar-refractivity contribution in [2.75, 3.05) is 26.4 Å². The van der Waals surface area contributed by atoms with E-state index in [1.54, 1.807) is 6.20 Å². The van der Waals surface area contributed by atoms with Gasteiger partial charge >= 0.3 is 0 Å². The van der Waals surface area contributed by atoms with E-state index in [2.05, 4.69) is 27.3 Å². The Bertz CT molecular complexity index is 384. The van der Waals surface area contributed by atoms with Crippen molar-refractivity contribution in [3.8, 4) is 11.8 Å². The molecule has 0 aliphatic rings. The Morgan fingerprint density at radius 2 is 2.10 bits per heavy atom. The highest BCUT2D eigenvalue weighted by atomic mass is 16.5. The van der Waals surface area contributed by atoms with Crippen LogP contribution in [-0.2, 0) is 15.9 Å². The predicted octanol–water partition coefficient (Wildman–Crippen LogP) is 0.901. The van der Waals surface area contributed by atoms with Crippen LogP contribution >= 0.6 is 0 Å². The molecule has 0 fully saturated rings. The highest BCUT2D eigenvalue weighted by Gasteiger charge is 2.02. The number of unbranched alkanes of at least 4 members (excludes halogenated alkanes) is 1. The average Bonchev–Trinajstić information content (AvgIpc) is 2.95. The molecular formula is C14H24N4O2. The number of H-pyrrole nitrogens is 1. The number of hydrogen-bond acceptors (Lipinski definition) is 5. The Morgan fingerprint density at radius 3 is 2.80 bits per heavy atom. The van der Waals surface area contributed by atoms with Crippen LogP contribution in [0.5, 0.6) is 0 Å². The Hall–Kier alpha value is -1.42. The van der Waals surface area contributed by atoms with E-state index in [1.165, 1.54) is 0 Å². The van der Waals surface area contributed by atoms with Crippen molar-refractivity contribution in [1.82, 2.24) is 15.4 Å². The normalized spacial score (nSPS) is 11.9. The smallest absolute Gasteiger partial charge is 0.0824 e. The topological polar surface area (TPSA) is 86.0 Å². The summed E-state index contributed by atoms with van der Waals surface area (Å²) in [5.74, 6) is 5.76. The highest BCUT2D eigenvalue weighted by Crippen LogP contribution is 1.99. The summed E-state index contributed by atoms with van der Waals surface area (Å²) < 4.78 is 10.9. The van der Waals surface area contributed by atoms with Crippen LogP contribution in [0.1, 0.15) is 31.9 Å². The minimum Gasteiger partial charge on any atom is -0.380 e. The van der Waals surface area contributed by atoms with E-state index in [-0.39, 0.29) is 6.04 Å². The zero-order chi connectivity index (χ0) is 14.5. The van der Waals surface area contributed by atoms with E-state index in [4.69, 9.17) is 15.2 Å². The number of nitrogens with one attached hydrogen (secondary N) is 1. The van der Waals surface area contributed by atoms with Crippen LogP contribution in [0.3, 0.4) is 0 Å². The number of rotatable bonds is 11. The van der Waals surface area contributed by atoms with E-state index in [9.17, 15) is 0 Å². The Morgan fingerprint density at radius 1 is 1.30 bits per heavy atom. The lowest BCUT2D eigenvalue weighted by molar-refractivity contribution is 0.0681. The number of ether oxygens (including phenoxy) is 2. The molecule has 1 aromatic rings. The molecule has 0 spiro atoms. The van der Waals surface area contributed by atoms with Gasteiger partial charge in [0.15, 0.2) is 0 Å². The van der Waals surface area contributed by atoms with Gasteiger partial charge < -0.3 is 15.2 Å². The lowest BCUT2D eigenvalue weighted by atomic mass is 10.2. The predicted molar refractivity (Wildman–Crippen MR) is 77.0 cm³/mol. The molecule has 0 aliphatic carbocycles. The number of nitrogens with two attached hydrogens (primary N) is 1. The average molecular weight is 280 g/mol. The number of nitrogens with zero attached hydrogens (tertiary/aromatic N) is 2. The van der Waals surface area contributed by atoms with Crippen molar-refractivity contribution < 1.29 is 9.47 Å². The number of aryl methyl sites for hydroxylation is 1. The van der Waals surface area contributed by atoms with Gasteiger partial charge in [-0.15, -0.1) is 11.8 Å². The van der Waals surface area contributed by atoms with Gasteiger partial charge in [0.25, 0.3) is 0 Å². The first-order valence-corrected chi connectivity index (χ1v) is 6.98. The van der Waals surface area contributed by atoms with Crippen molar-refractivity contribution >= 4 is 0 Å². The fraction of sp³-hybridized carbons (Fsp3) is 0.714. The minimum absolute atomic E-state index is 0.0693. The third-order valence-electron chi connectivity index (χ3n) is 2.65. The molecule has 1 aromatic heterocycles. The number of aromatic nitrogens is 3. The Kier molecular flexibility index (Phi) is 9.49. The molecule has 6 heteroatoms. The summed E-state index contributed by atoms with van der Waals surface area (Å²) in [7, 11) is 0. The largest absolute Gasteiger partial charge is 0.380 e. The Labute approximate surface area is 120 Å². The van der Waals surface area contributed by atoms with Gasteiger partial charge in [-0.05, 0) is 26.2 Å². The number of hydrogen-bond donors (Lipinski definition) is 2. The van der Waals surface area contributed by atoms with Gasteiger partial charge in [-0.2, -0.15) is 15.4 Å². The van der Waals surface area contributed by atoms with Gasteiger partial charge in [-0.3, -0.25) is 0 Å². The molecule has 112 valence electrons. The van der Waals surface area contributed by atoms with Crippen LogP contribution in [0.4, 0.5) is 0 Å². The molecule has 6 nitrogen and oxygen atoms in total. The third-order valence-corrected chi connectivity index (χ3v) is 2.65. The molecule has 0 radical (unpaired) electrons. The van der Waals surface area contributed by atoms with E-state index < -0.39 is 0 Å². The van der Waals surface area contributed by atoms with E-state index in [1.807, 2.05) is 6.92 Å². The Balaban J connectivity index is 1.86. The van der Waals surface area contributed by atoms with E-state index in [0.29, 0.717) is 26.4 Å². The van der Waals surface area contributed by atoms with Gasteiger partial charge in [-0.25, -0.2) is 0 Å². The van der Waals surface area contributed by atoms with E-state index >= 15 is 0 Å². The maximum atomic E-state index is 5.87. The summed E-state index contributed by atoms with van der Waals surface area (Å²) in [4.78, 5) is 0. The first kappa shape index (κ1) is 16.6. The molecule has 3 N–H and O–H groups in total. The third kappa shape index (κ3) is 8.64. The molecule has 0 aliphatic heterocycles. The second kappa shape index (κ2) is 11.4. The summed E-state index contributed by atoms with van der Waals surface area (Å²) in [5, 5.41) is 10.4. The SMILES string of the molecule is CC#CCCOCC(N)COCCCCc1cn[nH]n1. The van der Waals surface area contributed by atoms with Crippen LogP contribution in [0, 0.1) is 11.8 Å². The van der Waals surface area contributed by atoms with Gasteiger partial charge in [0.05, 0.1) is 37.8 Å². The van der Waals surface area contributed by atoms with Crippen molar-refractivity contribution in [1.29, 1.82) is 0 Å². The van der Waals surface area contributed by atoms with Crippen molar-refractivity contribution in [2.45, 2.75) is 38.6 Å². The van der Waals surface area contributed by atoms with Crippen LogP contribution in [0.15, 0.2) is 6.20 Å². The van der Waals surface area contributed by atoms with Crippen LogP contribution < -0.4 is 5.73 Å². The summed E-state index contributed by atoms with van der Waals surface area (Å²) in [5.41, 5.74) is 6.86. The standard InChI is InChI=1S/C14H24N4O2/c1-2-3-5-8-19-11-13(15)12-20-9-6-4-7-14-10-16-18-17-14/h10,13H,4-9,11-12,15H2,1H3,(H,16,17,18). The van der Waals surface area contributed by atoms with Gasteiger partial charge in [0.1, 0.15) is 0 Å². The van der Waals surface area contributed by atoms with Crippen molar-refractivity contribution in [3.63, 3.8) is 0 Å². The fourth-order valence-corrected chi connectivity index (χ4v) is 1.62. The molecule has 0 saturated carbocycles. The summed E-state index contributed by atoms with van der Waals surface area (Å²) >= 11 is 0. The summed E-state index contributed by atoms with van der Waals surface area (Å²) in [6, 6.07) is -0.0693. The molecule has 0 bridgehead atoms.